The van der Waals surface area contributed by atoms with Gasteiger partial charge in [-0.25, -0.2) is 4.79 Å². The molecular weight excluding hydrogens is 577 g/mol. The Kier molecular flexibility index (Phi) is 12.3. The molecule has 9 nitrogen and oxygen atoms in total. The second kappa shape index (κ2) is 15.5. The van der Waals surface area contributed by atoms with Gasteiger partial charge in [0.1, 0.15) is 5.75 Å². The van der Waals surface area contributed by atoms with Crippen LogP contribution in [-0.2, 0) is 10.9 Å². The second-order valence-corrected chi connectivity index (χ2v) is 11.8. The van der Waals surface area contributed by atoms with Gasteiger partial charge in [-0.3, -0.25) is 4.79 Å². The molecule has 1 heterocycles. The SMILES string of the molecule is C[C@@H]1CN([C@H](C)CO)C(=O)c2cc(N(C)C)ccc2O[C@@H](C)CCCCO[C@H]1CN(C)C(=O)Nc1ccc(C(F)(F)F)cc1. The first kappa shape index (κ1) is 35.0. The van der Waals surface area contributed by atoms with Crippen LogP contribution < -0.4 is 15.0 Å². The average Bonchev–Trinajstić information content (AvgIpc) is 2.97. The highest BCUT2D eigenvalue weighted by Crippen LogP contribution is 2.31. The highest BCUT2D eigenvalue weighted by Gasteiger charge is 2.32. The summed E-state index contributed by atoms with van der Waals surface area (Å²) in [4.78, 5) is 32.0. The summed E-state index contributed by atoms with van der Waals surface area (Å²) in [6.07, 6.45) is -2.74. The van der Waals surface area contributed by atoms with Gasteiger partial charge >= 0.3 is 12.2 Å². The molecule has 0 unspecified atom stereocenters. The van der Waals surface area contributed by atoms with Crippen molar-refractivity contribution in [3.05, 3.63) is 53.6 Å². The number of aliphatic hydroxyl groups excluding tert-OH is 1. The van der Waals surface area contributed by atoms with E-state index in [0.29, 0.717) is 17.9 Å². The molecule has 1 aliphatic rings. The number of nitrogens with one attached hydrogen (secondary N) is 1. The third-order valence-electron chi connectivity index (χ3n) is 7.82. The number of nitrogens with zero attached hydrogens (tertiary/aromatic N) is 3. The summed E-state index contributed by atoms with van der Waals surface area (Å²) in [6.45, 7) is 6.25. The molecule has 1 aliphatic heterocycles. The molecule has 2 N–H and O–H groups in total. The molecule has 0 saturated carbocycles. The molecule has 244 valence electrons. The number of carbonyl (C=O) groups excluding carboxylic acids is 2. The van der Waals surface area contributed by atoms with Crippen molar-refractivity contribution in [2.45, 2.75) is 64.5 Å². The van der Waals surface area contributed by atoms with Crippen LogP contribution >= 0.6 is 0 Å². The van der Waals surface area contributed by atoms with E-state index in [4.69, 9.17) is 9.47 Å². The van der Waals surface area contributed by atoms with Gasteiger partial charge in [0.15, 0.2) is 0 Å². The number of benzene rings is 2. The van der Waals surface area contributed by atoms with Crippen molar-refractivity contribution in [3.63, 3.8) is 0 Å². The van der Waals surface area contributed by atoms with E-state index in [1.807, 2.05) is 45.0 Å². The number of hydrogen-bond acceptors (Lipinski definition) is 6. The number of rotatable bonds is 6. The molecule has 44 heavy (non-hydrogen) atoms. The molecule has 12 heteroatoms. The number of likely N-dealkylation sites (N-methyl/N-ethyl adjacent to an activating group) is 1. The van der Waals surface area contributed by atoms with Gasteiger partial charge in [-0.15, -0.1) is 0 Å². The molecule has 0 radical (unpaired) electrons. The van der Waals surface area contributed by atoms with Gasteiger partial charge in [0.2, 0.25) is 0 Å². The van der Waals surface area contributed by atoms with Crippen LogP contribution in [0.3, 0.4) is 0 Å². The summed E-state index contributed by atoms with van der Waals surface area (Å²) in [5, 5.41) is 12.7. The van der Waals surface area contributed by atoms with E-state index in [2.05, 4.69) is 5.32 Å². The zero-order valence-electron chi connectivity index (χ0n) is 26.4. The van der Waals surface area contributed by atoms with Crippen molar-refractivity contribution < 1.29 is 37.3 Å². The van der Waals surface area contributed by atoms with E-state index in [0.717, 1.165) is 37.1 Å². The number of halogens is 3. The van der Waals surface area contributed by atoms with E-state index in [9.17, 15) is 27.9 Å². The van der Waals surface area contributed by atoms with Gasteiger partial charge in [-0.05, 0) is 75.6 Å². The highest BCUT2D eigenvalue weighted by atomic mass is 19.4. The topological polar surface area (TPSA) is 94.6 Å². The van der Waals surface area contributed by atoms with Crippen LogP contribution in [0.15, 0.2) is 42.5 Å². The predicted octanol–water partition coefficient (Wildman–Crippen LogP) is 5.73. The maximum Gasteiger partial charge on any atom is 0.416 e. The number of urea groups is 1. The first-order chi connectivity index (χ1) is 20.7. The minimum atomic E-state index is -4.47. The summed E-state index contributed by atoms with van der Waals surface area (Å²) in [5.41, 5.74) is 0.665. The van der Waals surface area contributed by atoms with Crippen LogP contribution in [0.5, 0.6) is 5.75 Å². The van der Waals surface area contributed by atoms with Crippen LogP contribution in [0.2, 0.25) is 0 Å². The van der Waals surface area contributed by atoms with Gasteiger partial charge in [-0.2, -0.15) is 13.2 Å². The average molecular weight is 623 g/mol. The van der Waals surface area contributed by atoms with E-state index in [1.165, 1.54) is 17.0 Å². The fraction of sp³-hybridized carbons (Fsp3) is 0.562. The lowest BCUT2D eigenvalue weighted by molar-refractivity contribution is -0.137. The van der Waals surface area contributed by atoms with Crippen molar-refractivity contribution in [2.24, 2.45) is 5.92 Å². The van der Waals surface area contributed by atoms with Crippen molar-refractivity contribution in [1.29, 1.82) is 0 Å². The zero-order chi connectivity index (χ0) is 32.6. The normalized spacial score (nSPS) is 21.0. The molecule has 3 amide bonds. The van der Waals surface area contributed by atoms with E-state index in [-0.39, 0.29) is 43.3 Å². The second-order valence-electron chi connectivity index (χ2n) is 11.8. The van der Waals surface area contributed by atoms with Gasteiger partial charge in [0, 0.05) is 58.1 Å². The molecule has 0 saturated heterocycles. The summed E-state index contributed by atoms with van der Waals surface area (Å²) in [7, 11) is 5.36. The molecule has 0 bridgehead atoms. The Labute approximate surface area is 257 Å². The molecule has 3 rings (SSSR count). The van der Waals surface area contributed by atoms with E-state index < -0.39 is 29.9 Å². The van der Waals surface area contributed by atoms with Crippen molar-refractivity contribution in [2.75, 3.05) is 57.7 Å². The fourth-order valence-electron chi connectivity index (χ4n) is 4.97. The number of aliphatic hydroxyl groups is 1. The fourth-order valence-corrected chi connectivity index (χ4v) is 4.97. The molecule has 0 aromatic heterocycles. The van der Waals surface area contributed by atoms with Crippen LogP contribution in [0.25, 0.3) is 0 Å². The summed E-state index contributed by atoms with van der Waals surface area (Å²) in [6, 6.07) is 8.74. The Bertz CT molecular complexity index is 1240. The Morgan fingerprint density at radius 1 is 1.11 bits per heavy atom. The zero-order valence-corrected chi connectivity index (χ0v) is 26.4. The molecular formula is C32H45F3N4O5. The smallest absolute Gasteiger partial charge is 0.416 e. The summed E-state index contributed by atoms with van der Waals surface area (Å²) < 4.78 is 51.3. The number of anilines is 2. The summed E-state index contributed by atoms with van der Waals surface area (Å²) >= 11 is 0. The quantitative estimate of drug-likeness (QED) is 0.428. The molecule has 2 aromatic rings. The lowest BCUT2D eigenvalue weighted by atomic mass is 10.0. The number of fused-ring (bicyclic) bond motifs is 1. The third-order valence-corrected chi connectivity index (χ3v) is 7.82. The minimum Gasteiger partial charge on any atom is -0.490 e. The number of ether oxygens (including phenoxy) is 2. The van der Waals surface area contributed by atoms with Crippen LogP contribution in [0.4, 0.5) is 29.3 Å². The summed E-state index contributed by atoms with van der Waals surface area (Å²) in [5.74, 6) is -0.0496. The van der Waals surface area contributed by atoms with Crippen LogP contribution in [0, 0.1) is 5.92 Å². The molecule has 2 aromatic carbocycles. The third kappa shape index (κ3) is 9.49. The number of amides is 3. The lowest BCUT2D eigenvalue weighted by Gasteiger charge is -2.36. The number of alkyl halides is 3. The standard InChI is InChI=1S/C32H45F3N4O5/c1-21-18-39(22(2)20-40)30(41)27-17-26(37(4)5)14-15-28(27)44-23(3)9-7-8-16-43-29(21)19-38(6)31(42)36-25-12-10-24(11-13-25)32(33,34)35/h10-15,17,21-23,29,40H,7-9,16,18-20H2,1-6H3,(H,36,42)/t21-,22-,23+,29+/m1/s1. The number of hydrogen-bond donors (Lipinski definition) is 2. The largest absolute Gasteiger partial charge is 0.490 e. The molecule has 4 atom stereocenters. The Balaban J connectivity index is 1.84. The van der Waals surface area contributed by atoms with Gasteiger partial charge < -0.3 is 34.6 Å². The highest BCUT2D eigenvalue weighted by molar-refractivity contribution is 5.98. The maximum atomic E-state index is 14.1. The van der Waals surface area contributed by atoms with Crippen LogP contribution in [0.1, 0.15) is 56.0 Å². The van der Waals surface area contributed by atoms with Crippen molar-refractivity contribution >= 4 is 23.3 Å². The Morgan fingerprint density at radius 2 is 1.80 bits per heavy atom. The van der Waals surface area contributed by atoms with Gasteiger partial charge in [0.05, 0.1) is 36.0 Å². The van der Waals surface area contributed by atoms with Gasteiger partial charge in [-0.1, -0.05) is 6.92 Å². The van der Waals surface area contributed by atoms with E-state index in [1.54, 1.807) is 24.9 Å². The monoisotopic (exact) mass is 622 g/mol. The van der Waals surface area contributed by atoms with Crippen molar-refractivity contribution in [3.8, 4) is 5.75 Å². The van der Waals surface area contributed by atoms with Gasteiger partial charge in [0.25, 0.3) is 5.91 Å². The van der Waals surface area contributed by atoms with Crippen LogP contribution in [-0.4, -0.2) is 92.5 Å². The number of carbonyl (C=O) groups is 2. The Morgan fingerprint density at radius 3 is 2.41 bits per heavy atom. The first-order valence-corrected chi connectivity index (χ1v) is 14.9. The van der Waals surface area contributed by atoms with E-state index >= 15 is 0 Å². The molecule has 0 aliphatic carbocycles. The molecule has 0 spiro atoms. The predicted molar refractivity (Wildman–Crippen MR) is 164 cm³/mol. The molecule has 0 fully saturated rings. The minimum absolute atomic E-state index is 0.145. The van der Waals surface area contributed by atoms with Crippen molar-refractivity contribution in [1.82, 2.24) is 9.80 Å². The lowest BCUT2D eigenvalue weighted by Crippen LogP contribution is -2.48. The first-order valence-electron chi connectivity index (χ1n) is 14.9. The maximum absolute atomic E-state index is 14.1. The Hall–Kier alpha value is -3.51.